The number of carbonyl (C=O) groups excluding carboxylic acids is 1. The molecule has 0 aromatic heterocycles. The highest BCUT2D eigenvalue weighted by molar-refractivity contribution is 8.01. The molecule has 2 unspecified atom stereocenters. The van der Waals surface area contributed by atoms with Crippen LogP contribution >= 0.6 is 11.8 Å². The number of nitrogens with zero attached hydrogens (tertiary/aromatic N) is 1. The lowest BCUT2D eigenvalue weighted by Gasteiger charge is -2.26. The van der Waals surface area contributed by atoms with E-state index in [2.05, 4.69) is 0 Å². The number of amides is 1. The average molecular weight is 221 g/mol. The fourth-order valence-electron chi connectivity index (χ4n) is 2.25. The van der Waals surface area contributed by atoms with E-state index in [-0.39, 0.29) is 16.9 Å². The van der Waals surface area contributed by atoms with Gasteiger partial charge >= 0.3 is 0 Å². The van der Waals surface area contributed by atoms with Gasteiger partial charge in [-0.25, -0.2) is 0 Å². The van der Waals surface area contributed by atoms with Crippen LogP contribution in [-0.2, 0) is 4.79 Å². The molecule has 1 N–H and O–H groups in total. The molecule has 2 bridgehead atoms. The zero-order valence-electron chi connectivity index (χ0n) is 8.09. The van der Waals surface area contributed by atoms with Gasteiger partial charge in [0.1, 0.15) is 5.75 Å². The first-order valence-corrected chi connectivity index (χ1v) is 6.04. The first kappa shape index (κ1) is 9.09. The number of anilines is 1. The Bertz CT molecular complexity index is 404. The van der Waals surface area contributed by atoms with Crippen molar-refractivity contribution in [2.24, 2.45) is 0 Å². The van der Waals surface area contributed by atoms with Crippen LogP contribution in [0.5, 0.6) is 5.75 Å². The molecule has 78 valence electrons. The lowest BCUT2D eigenvalue weighted by molar-refractivity contribution is -0.116. The van der Waals surface area contributed by atoms with Crippen molar-refractivity contribution < 1.29 is 9.90 Å². The molecule has 2 heterocycles. The summed E-state index contributed by atoms with van der Waals surface area (Å²) in [6, 6.07) is 7.22. The minimum Gasteiger partial charge on any atom is -0.508 e. The third-order valence-electron chi connectivity index (χ3n) is 2.98. The maximum atomic E-state index is 11.9. The Kier molecular flexibility index (Phi) is 1.92. The minimum absolute atomic E-state index is 0.170. The number of phenolic OH excluding ortho intramolecular Hbond substituents is 1. The topological polar surface area (TPSA) is 40.5 Å². The Morgan fingerprint density at radius 2 is 2.07 bits per heavy atom. The first-order valence-electron chi connectivity index (χ1n) is 4.99. The number of phenols is 1. The molecule has 2 fully saturated rings. The molecule has 2 aliphatic heterocycles. The van der Waals surface area contributed by atoms with E-state index < -0.39 is 0 Å². The van der Waals surface area contributed by atoms with Crippen LogP contribution in [0.2, 0.25) is 0 Å². The lowest BCUT2D eigenvalue weighted by Crippen LogP contribution is -2.38. The molecule has 1 amide bonds. The zero-order chi connectivity index (χ0) is 10.4. The van der Waals surface area contributed by atoms with Crippen molar-refractivity contribution in [2.75, 3.05) is 10.7 Å². The Balaban J connectivity index is 1.94. The van der Waals surface area contributed by atoms with Crippen LogP contribution in [0.1, 0.15) is 6.42 Å². The molecule has 0 saturated carbocycles. The second-order valence-corrected chi connectivity index (χ2v) is 5.17. The monoisotopic (exact) mass is 221 g/mol. The van der Waals surface area contributed by atoms with Crippen LogP contribution in [0.25, 0.3) is 0 Å². The molecule has 2 aliphatic rings. The highest BCUT2D eigenvalue weighted by Gasteiger charge is 2.45. The predicted octanol–water partition coefficient (Wildman–Crippen LogP) is 1.61. The number of benzene rings is 1. The standard InChI is InChI=1S/C11H11NO2S/c13-9-3-1-7(2-4-9)12-8-5-10(11(12)14)15-6-8/h1-4,8,10,13H,5-6H2. The van der Waals surface area contributed by atoms with Gasteiger partial charge in [-0.1, -0.05) is 0 Å². The molecule has 0 spiro atoms. The van der Waals surface area contributed by atoms with Crippen LogP contribution in [-0.4, -0.2) is 28.1 Å². The molecule has 1 aromatic carbocycles. The van der Waals surface area contributed by atoms with Gasteiger partial charge in [-0.15, -0.1) is 11.8 Å². The van der Waals surface area contributed by atoms with E-state index in [0.29, 0.717) is 6.04 Å². The average Bonchev–Trinajstić information content (AvgIpc) is 2.80. The molecule has 2 atom stereocenters. The van der Waals surface area contributed by atoms with Gasteiger partial charge in [0.15, 0.2) is 0 Å². The summed E-state index contributed by atoms with van der Waals surface area (Å²) < 4.78 is 0. The van der Waals surface area contributed by atoms with Crippen LogP contribution in [0.15, 0.2) is 24.3 Å². The Labute approximate surface area is 92.1 Å². The number of hydrogen-bond donors (Lipinski definition) is 1. The van der Waals surface area contributed by atoms with E-state index in [4.69, 9.17) is 0 Å². The van der Waals surface area contributed by atoms with Crippen molar-refractivity contribution in [1.82, 2.24) is 0 Å². The fraction of sp³-hybridized carbons (Fsp3) is 0.364. The second kappa shape index (κ2) is 3.17. The van der Waals surface area contributed by atoms with Gasteiger partial charge in [0, 0.05) is 17.5 Å². The summed E-state index contributed by atoms with van der Waals surface area (Å²) >= 11 is 1.76. The summed E-state index contributed by atoms with van der Waals surface area (Å²) in [4.78, 5) is 13.8. The van der Waals surface area contributed by atoms with Crippen LogP contribution in [0, 0.1) is 0 Å². The number of fused-ring (bicyclic) bond motifs is 2. The van der Waals surface area contributed by atoms with E-state index in [0.717, 1.165) is 17.9 Å². The number of carbonyl (C=O) groups is 1. The van der Waals surface area contributed by atoms with Crippen molar-refractivity contribution in [1.29, 1.82) is 0 Å². The lowest BCUT2D eigenvalue weighted by atomic mass is 10.2. The number of aromatic hydroxyl groups is 1. The van der Waals surface area contributed by atoms with Gasteiger partial charge in [0.2, 0.25) is 5.91 Å². The van der Waals surface area contributed by atoms with Crippen molar-refractivity contribution >= 4 is 23.4 Å². The summed E-state index contributed by atoms with van der Waals surface area (Å²) in [6.07, 6.45) is 0.977. The smallest absolute Gasteiger partial charge is 0.240 e. The summed E-state index contributed by atoms with van der Waals surface area (Å²) in [5.74, 6) is 1.50. The predicted molar refractivity (Wildman–Crippen MR) is 60.2 cm³/mol. The second-order valence-electron chi connectivity index (χ2n) is 3.94. The molecular formula is C11H11NO2S. The largest absolute Gasteiger partial charge is 0.508 e. The Morgan fingerprint density at radius 1 is 1.33 bits per heavy atom. The SMILES string of the molecule is O=C1C2CC(CS2)N1c1ccc(O)cc1. The van der Waals surface area contributed by atoms with Gasteiger partial charge in [-0.3, -0.25) is 4.79 Å². The molecule has 4 heteroatoms. The molecule has 3 rings (SSSR count). The summed E-state index contributed by atoms with van der Waals surface area (Å²) in [7, 11) is 0. The van der Waals surface area contributed by atoms with Gasteiger partial charge in [-0.05, 0) is 30.7 Å². The molecule has 0 aliphatic carbocycles. The molecule has 2 saturated heterocycles. The fourth-order valence-corrected chi connectivity index (χ4v) is 3.60. The van der Waals surface area contributed by atoms with E-state index in [1.165, 1.54) is 0 Å². The maximum Gasteiger partial charge on any atom is 0.240 e. The summed E-state index contributed by atoms with van der Waals surface area (Å²) in [5, 5.41) is 9.36. The first-order chi connectivity index (χ1) is 7.25. The normalized spacial score (nSPS) is 28.8. The van der Waals surface area contributed by atoms with Crippen molar-refractivity contribution in [3.05, 3.63) is 24.3 Å². The van der Waals surface area contributed by atoms with Gasteiger partial charge in [-0.2, -0.15) is 0 Å². The van der Waals surface area contributed by atoms with Crippen LogP contribution in [0.4, 0.5) is 5.69 Å². The van der Waals surface area contributed by atoms with Crippen molar-refractivity contribution in [3.8, 4) is 5.75 Å². The summed E-state index contributed by atoms with van der Waals surface area (Å²) in [6.45, 7) is 0. The highest BCUT2D eigenvalue weighted by atomic mass is 32.2. The molecule has 1 aromatic rings. The molecule has 3 nitrogen and oxygen atoms in total. The van der Waals surface area contributed by atoms with Crippen LogP contribution < -0.4 is 4.90 Å². The third-order valence-corrected chi connectivity index (χ3v) is 4.36. The summed E-state index contributed by atoms with van der Waals surface area (Å²) in [5.41, 5.74) is 0.908. The van der Waals surface area contributed by atoms with Crippen molar-refractivity contribution in [2.45, 2.75) is 17.7 Å². The number of thioether (sulfide) groups is 1. The van der Waals surface area contributed by atoms with Gasteiger partial charge in [0.05, 0.1) is 5.25 Å². The number of hydrogen-bond acceptors (Lipinski definition) is 3. The van der Waals surface area contributed by atoms with Crippen molar-refractivity contribution in [3.63, 3.8) is 0 Å². The highest BCUT2D eigenvalue weighted by Crippen LogP contribution is 2.41. The van der Waals surface area contributed by atoms with Gasteiger partial charge < -0.3 is 10.0 Å². The Hall–Kier alpha value is -1.16. The van der Waals surface area contributed by atoms with E-state index >= 15 is 0 Å². The van der Waals surface area contributed by atoms with E-state index in [1.807, 2.05) is 4.90 Å². The van der Waals surface area contributed by atoms with Crippen LogP contribution in [0.3, 0.4) is 0 Å². The number of rotatable bonds is 1. The quantitative estimate of drug-likeness (QED) is 0.783. The van der Waals surface area contributed by atoms with E-state index in [1.54, 1.807) is 36.0 Å². The van der Waals surface area contributed by atoms with E-state index in [9.17, 15) is 9.90 Å². The molecular weight excluding hydrogens is 210 g/mol. The zero-order valence-corrected chi connectivity index (χ0v) is 8.91. The maximum absolute atomic E-state index is 11.9. The van der Waals surface area contributed by atoms with Gasteiger partial charge in [0.25, 0.3) is 0 Å². The minimum atomic E-state index is 0.170. The molecule has 0 radical (unpaired) electrons. The third kappa shape index (κ3) is 1.32. The Morgan fingerprint density at radius 3 is 2.67 bits per heavy atom. The molecule has 15 heavy (non-hydrogen) atoms.